The van der Waals surface area contributed by atoms with Crippen molar-refractivity contribution in [3.05, 3.63) is 29.2 Å². The van der Waals surface area contributed by atoms with E-state index in [0.29, 0.717) is 12.1 Å². The molecule has 0 bridgehead atoms. The largest absolute Gasteiger partial charge is 0.316 e. The van der Waals surface area contributed by atoms with Crippen LogP contribution in [0, 0.1) is 6.92 Å². The van der Waals surface area contributed by atoms with Gasteiger partial charge in [0.25, 0.3) is 10.0 Å². The number of nitrogens with zero attached hydrogens (tertiary/aromatic N) is 2. The molecule has 2 aromatic rings. The monoisotopic (exact) mass is 284 g/mol. The summed E-state index contributed by atoms with van der Waals surface area (Å²) in [6.07, 6.45) is 3.09. The fourth-order valence-electron chi connectivity index (χ4n) is 1.65. The molecular formula is C10H16N6O2S. The maximum atomic E-state index is 12.2. The summed E-state index contributed by atoms with van der Waals surface area (Å²) in [5, 5.41) is 15.9. The van der Waals surface area contributed by atoms with E-state index in [1.807, 2.05) is 6.92 Å². The first-order valence-electron chi connectivity index (χ1n) is 5.70. The molecule has 0 aromatic carbocycles. The van der Waals surface area contributed by atoms with Crippen molar-refractivity contribution in [2.45, 2.75) is 25.0 Å². The number of sulfonamides is 1. The number of aromatic nitrogens is 4. The van der Waals surface area contributed by atoms with Crippen LogP contribution in [0.4, 0.5) is 0 Å². The van der Waals surface area contributed by atoms with Crippen molar-refractivity contribution in [3.8, 4) is 0 Å². The Kier molecular flexibility index (Phi) is 3.98. The summed E-state index contributed by atoms with van der Waals surface area (Å²) in [5.41, 5.74) is 2.24. The third-order valence-electron chi connectivity index (χ3n) is 2.70. The highest BCUT2D eigenvalue weighted by atomic mass is 32.2. The van der Waals surface area contributed by atoms with E-state index in [4.69, 9.17) is 0 Å². The zero-order valence-electron chi connectivity index (χ0n) is 10.7. The van der Waals surface area contributed by atoms with Gasteiger partial charge < -0.3 is 5.32 Å². The van der Waals surface area contributed by atoms with Crippen LogP contribution in [0.3, 0.4) is 0 Å². The van der Waals surface area contributed by atoms with Crippen LogP contribution < -0.4 is 10.0 Å². The van der Waals surface area contributed by atoms with Gasteiger partial charge in [0.05, 0.1) is 12.4 Å². The van der Waals surface area contributed by atoms with Crippen LogP contribution in [-0.2, 0) is 23.1 Å². The van der Waals surface area contributed by atoms with Gasteiger partial charge in [0.1, 0.15) is 0 Å². The lowest BCUT2D eigenvalue weighted by Gasteiger charge is -2.06. The van der Waals surface area contributed by atoms with Gasteiger partial charge in [-0.1, -0.05) is 0 Å². The van der Waals surface area contributed by atoms with Crippen LogP contribution in [-0.4, -0.2) is 35.9 Å². The van der Waals surface area contributed by atoms with E-state index >= 15 is 0 Å². The van der Waals surface area contributed by atoms with Crippen LogP contribution in [0.15, 0.2) is 17.4 Å². The van der Waals surface area contributed by atoms with Crippen LogP contribution >= 0.6 is 0 Å². The molecule has 0 spiro atoms. The highest BCUT2D eigenvalue weighted by Gasteiger charge is 2.20. The third-order valence-corrected chi connectivity index (χ3v) is 4.12. The summed E-state index contributed by atoms with van der Waals surface area (Å²) < 4.78 is 26.8. The van der Waals surface area contributed by atoms with Gasteiger partial charge >= 0.3 is 0 Å². The molecule has 0 unspecified atom stereocenters. The van der Waals surface area contributed by atoms with Crippen LogP contribution in [0.2, 0.25) is 0 Å². The van der Waals surface area contributed by atoms with E-state index in [1.165, 1.54) is 6.20 Å². The summed E-state index contributed by atoms with van der Waals surface area (Å²) in [7, 11) is -1.87. The average molecular weight is 284 g/mol. The maximum Gasteiger partial charge on any atom is 0.258 e. The summed E-state index contributed by atoms with van der Waals surface area (Å²) in [4.78, 5) is 0. The van der Waals surface area contributed by atoms with Crippen molar-refractivity contribution >= 4 is 10.0 Å². The second kappa shape index (κ2) is 5.51. The topological polar surface area (TPSA) is 116 Å². The second-order valence-electron chi connectivity index (χ2n) is 4.10. The fourth-order valence-corrected chi connectivity index (χ4v) is 2.78. The standard InChI is InChI=1S/C10H16N6O2S/c1-7-8(4-12-15-7)6-14-19(17,18)10-9(3-11-2)5-13-16-10/h4-5,11,14H,3,6H2,1-2H3,(H,12,15)(H,13,16). The van der Waals surface area contributed by atoms with Crippen LogP contribution in [0.5, 0.6) is 0 Å². The lowest BCUT2D eigenvalue weighted by Crippen LogP contribution is -2.25. The summed E-state index contributed by atoms with van der Waals surface area (Å²) in [5.74, 6) is 0. The molecule has 4 N–H and O–H groups in total. The normalized spacial score (nSPS) is 11.9. The number of rotatable bonds is 6. The average Bonchev–Trinajstić information content (AvgIpc) is 2.97. The van der Waals surface area contributed by atoms with Gasteiger partial charge in [-0.25, -0.2) is 13.1 Å². The minimum Gasteiger partial charge on any atom is -0.316 e. The molecule has 0 saturated heterocycles. The van der Waals surface area contributed by atoms with Crippen molar-refractivity contribution in [1.29, 1.82) is 0 Å². The fraction of sp³-hybridized carbons (Fsp3) is 0.400. The Morgan fingerprint density at radius 2 is 1.84 bits per heavy atom. The zero-order valence-corrected chi connectivity index (χ0v) is 11.5. The highest BCUT2D eigenvalue weighted by Crippen LogP contribution is 2.12. The van der Waals surface area contributed by atoms with Crippen LogP contribution in [0.25, 0.3) is 0 Å². The van der Waals surface area contributed by atoms with E-state index < -0.39 is 10.0 Å². The van der Waals surface area contributed by atoms with Crippen molar-refractivity contribution < 1.29 is 8.42 Å². The minimum absolute atomic E-state index is 0.0861. The summed E-state index contributed by atoms with van der Waals surface area (Å²) in [6.45, 7) is 2.44. The number of hydrogen-bond donors (Lipinski definition) is 4. The number of aromatic amines is 2. The molecule has 2 rings (SSSR count). The van der Waals surface area contributed by atoms with Gasteiger partial charge in [0, 0.05) is 29.9 Å². The Balaban J connectivity index is 2.14. The van der Waals surface area contributed by atoms with Gasteiger partial charge in [-0.2, -0.15) is 10.2 Å². The second-order valence-corrected chi connectivity index (χ2v) is 5.80. The Morgan fingerprint density at radius 3 is 2.47 bits per heavy atom. The maximum absolute atomic E-state index is 12.2. The van der Waals surface area contributed by atoms with Gasteiger partial charge in [-0.05, 0) is 14.0 Å². The number of hydrogen-bond acceptors (Lipinski definition) is 5. The molecule has 2 aromatic heterocycles. The first-order valence-corrected chi connectivity index (χ1v) is 7.18. The molecule has 0 fully saturated rings. The van der Waals surface area contributed by atoms with E-state index in [1.54, 1.807) is 13.2 Å². The Labute approximate surface area is 111 Å². The minimum atomic E-state index is -3.61. The lowest BCUT2D eigenvalue weighted by molar-refractivity contribution is 0.574. The highest BCUT2D eigenvalue weighted by molar-refractivity contribution is 7.89. The van der Waals surface area contributed by atoms with Crippen molar-refractivity contribution in [1.82, 2.24) is 30.4 Å². The summed E-state index contributed by atoms with van der Waals surface area (Å²) in [6, 6.07) is 0. The van der Waals surface area contributed by atoms with Crippen LogP contribution in [0.1, 0.15) is 16.8 Å². The smallest absolute Gasteiger partial charge is 0.258 e. The molecule has 104 valence electrons. The van der Waals surface area contributed by atoms with E-state index in [2.05, 4.69) is 30.4 Å². The lowest BCUT2D eigenvalue weighted by atomic mass is 10.3. The molecule has 0 aliphatic carbocycles. The predicted molar refractivity (Wildman–Crippen MR) is 68.7 cm³/mol. The zero-order chi connectivity index (χ0) is 13.9. The van der Waals surface area contributed by atoms with Gasteiger partial charge in [-0.15, -0.1) is 0 Å². The third kappa shape index (κ3) is 3.00. The van der Waals surface area contributed by atoms with Crippen molar-refractivity contribution in [2.24, 2.45) is 0 Å². The molecule has 0 aliphatic rings. The Bertz CT molecular complexity index is 645. The number of nitrogens with one attached hydrogen (secondary N) is 4. The molecular weight excluding hydrogens is 268 g/mol. The molecule has 2 heterocycles. The Hall–Kier alpha value is -1.71. The molecule has 0 aliphatic heterocycles. The molecule has 0 saturated carbocycles. The Morgan fingerprint density at radius 1 is 1.16 bits per heavy atom. The van der Waals surface area contributed by atoms with Gasteiger partial charge in [-0.3, -0.25) is 10.2 Å². The molecule has 0 atom stereocenters. The number of aryl methyl sites for hydroxylation is 1. The SMILES string of the molecule is CNCc1cn[nH]c1S(=O)(=O)NCc1cn[nH]c1C. The van der Waals surface area contributed by atoms with Crippen molar-refractivity contribution in [2.75, 3.05) is 7.05 Å². The molecule has 8 nitrogen and oxygen atoms in total. The van der Waals surface area contributed by atoms with E-state index in [0.717, 1.165) is 11.3 Å². The molecule has 0 radical (unpaired) electrons. The predicted octanol–water partition coefficient (Wildman–Crippen LogP) is -0.361. The molecule has 9 heteroatoms. The molecule has 19 heavy (non-hydrogen) atoms. The van der Waals surface area contributed by atoms with Gasteiger partial charge in [0.15, 0.2) is 5.03 Å². The van der Waals surface area contributed by atoms with Crippen molar-refractivity contribution in [3.63, 3.8) is 0 Å². The van der Waals surface area contributed by atoms with E-state index in [-0.39, 0.29) is 11.6 Å². The first-order chi connectivity index (χ1) is 9.04. The van der Waals surface area contributed by atoms with E-state index in [9.17, 15) is 8.42 Å². The number of H-pyrrole nitrogens is 2. The quantitative estimate of drug-likeness (QED) is 0.578. The summed E-state index contributed by atoms with van der Waals surface area (Å²) >= 11 is 0. The molecule has 0 amide bonds. The first kappa shape index (κ1) is 13.7. The van der Waals surface area contributed by atoms with Gasteiger partial charge in [0.2, 0.25) is 0 Å².